The van der Waals surface area contributed by atoms with Crippen molar-refractivity contribution in [2.45, 2.75) is 13.3 Å². The van der Waals surface area contributed by atoms with E-state index in [4.69, 9.17) is 20.8 Å². The van der Waals surface area contributed by atoms with Crippen LogP contribution in [0, 0.1) is 0 Å². The lowest BCUT2D eigenvalue weighted by Gasteiger charge is -2.10. The maximum Gasteiger partial charge on any atom is 0.310 e. The maximum atomic E-state index is 12.5. The van der Waals surface area contributed by atoms with Gasteiger partial charge in [-0.1, -0.05) is 29.8 Å². The predicted octanol–water partition coefficient (Wildman–Crippen LogP) is 3.84. The topological polar surface area (TPSA) is 81.4 Å². The molecule has 0 spiro atoms. The number of amides is 1. The van der Waals surface area contributed by atoms with Crippen LogP contribution in [0.2, 0.25) is 5.15 Å². The molecule has 3 aromatic rings. The summed E-state index contributed by atoms with van der Waals surface area (Å²) in [4.78, 5) is 28.3. The Morgan fingerprint density at radius 3 is 2.88 bits per heavy atom. The highest BCUT2D eigenvalue weighted by Crippen LogP contribution is 2.24. The average molecular weight is 359 g/mol. The summed E-state index contributed by atoms with van der Waals surface area (Å²) in [7, 11) is 0. The van der Waals surface area contributed by atoms with Crippen LogP contribution in [0.1, 0.15) is 23.0 Å². The van der Waals surface area contributed by atoms with Crippen LogP contribution in [0.5, 0.6) is 0 Å². The van der Waals surface area contributed by atoms with Crippen LogP contribution in [0.4, 0.5) is 5.69 Å². The van der Waals surface area contributed by atoms with E-state index in [2.05, 4.69) is 10.3 Å². The second-order valence-electron chi connectivity index (χ2n) is 5.23. The average Bonchev–Trinajstić information content (AvgIpc) is 3.06. The molecule has 0 radical (unpaired) electrons. The molecule has 0 saturated heterocycles. The molecule has 6 nitrogen and oxygen atoms in total. The van der Waals surface area contributed by atoms with Gasteiger partial charge in [0.2, 0.25) is 0 Å². The number of pyridine rings is 1. The van der Waals surface area contributed by atoms with Crippen LogP contribution >= 0.6 is 11.6 Å². The minimum Gasteiger partial charge on any atom is -0.466 e. The minimum atomic E-state index is -0.429. The number of aromatic nitrogens is 1. The summed E-state index contributed by atoms with van der Waals surface area (Å²) in [5.41, 5.74) is 1.77. The van der Waals surface area contributed by atoms with Gasteiger partial charge < -0.3 is 14.5 Å². The number of esters is 1. The molecule has 1 amide bonds. The molecule has 128 valence electrons. The number of halogens is 1. The fourth-order valence-electron chi connectivity index (χ4n) is 2.40. The highest BCUT2D eigenvalue weighted by atomic mass is 35.5. The summed E-state index contributed by atoms with van der Waals surface area (Å²) in [5, 5.41) is 3.56. The molecule has 2 aromatic heterocycles. The maximum absolute atomic E-state index is 12.5. The van der Waals surface area contributed by atoms with Crippen molar-refractivity contribution in [3.05, 3.63) is 59.1 Å². The zero-order valence-electron chi connectivity index (χ0n) is 13.4. The van der Waals surface area contributed by atoms with Gasteiger partial charge in [-0.3, -0.25) is 9.59 Å². The zero-order valence-corrected chi connectivity index (χ0v) is 14.2. The molecule has 0 saturated carbocycles. The number of fused-ring (bicyclic) bond motifs is 1. The summed E-state index contributed by atoms with van der Waals surface area (Å²) in [5.74, 6) is -0.786. The Morgan fingerprint density at radius 1 is 1.28 bits per heavy atom. The highest BCUT2D eigenvalue weighted by molar-refractivity contribution is 6.33. The van der Waals surface area contributed by atoms with Gasteiger partial charge in [0.15, 0.2) is 10.7 Å². The third kappa shape index (κ3) is 3.80. The number of benzene rings is 1. The van der Waals surface area contributed by atoms with Gasteiger partial charge in [0.1, 0.15) is 5.69 Å². The van der Waals surface area contributed by atoms with E-state index in [0.717, 1.165) is 0 Å². The molecule has 0 bridgehead atoms. The highest BCUT2D eigenvalue weighted by Gasteiger charge is 2.15. The largest absolute Gasteiger partial charge is 0.466 e. The minimum absolute atomic E-state index is 0.0687. The fraction of sp³-hybridized carbons (Fsp3) is 0.167. The van der Waals surface area contributed by atoms with Crippen molar-refractivity contribution < 1.29 is 18.7 Å². The Bertz CT molecular complexity index is 936. The van der Waals surface area contributed by atoms with Crippen LogP contribution in [-0.2, 0) is 16.0 Å². The summed E-state index contributed by atoms with van der Waals surface area (Å²) >= 11 is 6.04. The van der Waals surface area contributed by atoms with E-state index >= 15 is 0 Å². The summed E-state index contributed by atoms with van der Waals surface area (Å²) in [6.07, 6.45) is 1.55. The van der Waals surface area contributed by atoms with Gasteiger partial charge in [-0.25, -0.2) is 4.98 Å². The molecule has 0 aliphatic rings. The van der Waals surface area contributed by atoms with Gasteiger partial charge in [0, 0.05) is 11.1 Å². The smallest absolute Gasteiger partial charge is 0.310 e. The van der Waals surface area contributed by atoms with Crippen LogP contribution in [-0.4, -0.2) is 23.5 Å². The van der Waals surface area contributed by atoms with Crippen LogP contribution in [0.15, 0.2) is 47.1 Å². The molecule has 0 aliphatic carbocycles. The summed E-state index contributed by atoms with van der Waals surface area (Å²) in [6, 6.07) is 10.3. The normalized spacial score (nSPS) is 10.6. The first-order chi connectivity index (χ1) is 12.1. The molecular formula is C18H15ClN2O4. The Balaban J connectivity index is 1.83. The Hall–Kier alpha value is -2.86. The molecule has 0 atom stereocenters. The van der Waals surface area contributed by atoms with Crippen LogP contribution in [0.25, 0.3) is 11.0 Å². The second kappa shape index (κ2) is 7.36. The number of rotatable bonds is 5. The number of carbonyl (C=O) groups excluding carboxylic acids is 2. The number of nitrogens with one attached hydrogen (secondary N) is 1. The molecule has 25 heavy (non-hydrogen) atoms. The number of carbonyl (C=O) groups is 2. The lowest BCUT2D eigenvalue weighted by atomic mass is 10.1. The van der Waals surface area contributed by atoms with Gasteiger partial charge in [0.05, 0.1) is 19.3 Å². The van der Waals surface area contributed by atoms with Crippen molar-refractivity contribution in [2.24, 2.45) is 0 Å². The van der Waals surface area contributed by atoms with E-state index in [0.29, 0.717) is 28.8 Å². The number of para-hydroxylation sites is 1. The molecular weight excluding hydrogens is 344 g/mol. The standard InChI is InChI=1S/C18H15ClN2O4/c1-2-24-15(22)10-11-5-3-4-6-13(11)21-18(23)14-9-12-7-8-25-16(12)17(19)20-14/h3-9H,2,10H2,1H3,(H,21,23). The van der Waals surface area contributed by atoms with Crippen molar-refractivity contribution in [3.63, 3.8) is 0 Å². The van der Waals surface area contributed by atoms with E-state index in [-0.39, 0.29) is 23.2 Å². The Morgan fingerprint density at radius 2 is 2.08 bits per heavy atom. The molecule has 1 N–H and O–H groups in total. The van der Waals surface area contributed by atoms with E-state index < -0.39 is 5.91 Å². The molecule has 7 heteroatoms. The molecule has 1 aromatic carbocycles. The Labute approximate surface area is 148 Å². The summed E-state index contributed by atoms with van der Waals surface area (Å²) in [6.45, 7) is 2.05. The van der Waals surface area contributed by atoms with E-state index in [1.807, 2.05) is 0 Å². The zero-order chi connectivity index (χ0) is 17.8. The second-order valence-corrected chi connectivity index (χ2v) is 5.59. The van der Waals surface area contributed by atoms with Crippen molar-refractivity contribution in [1.29, 1.82) is 0 Å². The van der Waals surface area contributed by atoms with E-state index in [1.165, 1.54) is 6.26 Å². The quantitative estimate of drug-likeness (QED) is 0.553. The molecule has 3 rings (SSSR count). The van der Waals surface area contributed by atoms with Gasteiger partial charge >= 0.3 is 5.97 Å². The monoisotopic (exact) mass is 358 g/mol. The van der Waals surface area contributed by atoms with Crippen molar-refractivity contribution in [1.82, 2.24) is 4.98 Å². The van der Waals surface area contributed by atoms with Gasteiger partial charge in [0.25, 0.3) is 5.91 Å². The lowest BCUT2D eigenvalue weighted by Crippen LogP contribution is -2.16. The van der Waals surface area contributed by atoms with E-state index in [9.17, 15) is 9.59 Å². The van der Waals surface area contributed by atoms with Crippen molar-refractivity contribution in [3.8, 4) is 0 Å². The van der Waals surface area contributed by atoms with Crippen LogP contribution in [0.3, 0.4) is 0 Å². The van der Waals surface area contributed by atoms with Crippen LogP contribution < -0.4 is 5.32 Å². The molecule has 0 aliphatic heterocycles. The number of hydrogen-bond acceptors (Lipinski definition) is 5. The lowest BCUT2D eigenvalue weighted by molar-refractivity contribution is -0.142. The summed E-state index contributed by atoms with van der Waals surface area (Å²) < 4.78 is 10.2. The SMILES string of the molecule is CCOC(=O)Cc1ccccc1NC(=O)c1cc2ccoc2c(Cl)n1. The van der Waals surface area contributed by atoms with Gasteiger partial charge in [-0.15, -0.1) is 0 Å². The Kier molecular flexibility index (Phi) is 5.00. The number of ether oxygens (including phenoxy) is 1. The van der Waals surface area contributed by atoms with Crippen molar-refractivity contribution >= 4 is 40.1 Å². The number of hydrogen-bond donors (Lipinski definition) is 1. The van der Waals surface area contributed by atoms with Gasteiger partial charge in [-0.05, 0) is 30.7 Å². The third-order valence-electron chi connectivity index (χ3n) is 3.53. The number of furan rings is 1. The van der Waals surface area contributed by atoms with Crippen molar-refractivity contribution in [2.75, 3.05) is 11.9 Å². The molecule has 0 fully saturated rings. The third-order valence-corrected chi connectivity index (χ3v) is 3.79. The van der Waals surface area contributed by atoms with Gasteiger partial charge in [-0.2, -0.15) is 0 Å². The first-order valence-electron chi connectivity index (χ1n) is 7.67. The number of anilines is 1. The fourth-order valence-corrected chi connectivity index (χ4v) is 2.65. The number of nitrogens with zero attached hydrogens (tertiary/aromatic N) is 1. The molecule has 2 heterocycles. The first kappa shape index (κ1) is 17.0. The van der Waals surface area contributed by atoms with E-state index in [1.54, 1.807) is 43.3 Å². The first-order valence-corrected chi connectivity index (χ1v) is 8.05. The molecule has 0 unspecified atom stereocenters. The predicted molar refractivity (Wildman–Crippen MR) is 93.8 cm³/mol.